The molecule has 4 rings (SSSR count). The molecule has 40 heavy (non-hydrogen) atoms. The number of aryl methyl sites for hydroxylation is 2. The zero-order valence-corrected chi connectivity index (χ0v) is 23.8. The molecule has 0 saturated carbocycles. The molecule has 0 aliphatic carbocycles. The van der Waals surface area contributed by atoms with Crippen LogP contribution in [0.25, 0.3) is 0 Å². The van der Waals surface area contributed by atoms with Gasteiger partial charge in [0, 0.05) is 37.8 Å². The van der Waals surface area contributed by atoms with Gasteiger partial charge in [0.1, 0.15) is 11.6 Å². The van der Waals surface area contributed by atoms with E-state index in [1.165, 1.54) is 39.7 Å². The van der Waals surface area contributed by atoms with E-state index in [1.54, 1.807) is 19.1 Å². The lowest BCUT2D eigenvalue weighted by atomic mass is 10.1. The van der Waals surface area contributed by atoms with Crippen molar-refractivity contribution in [2.75, 3.05) is 39.4 Å². The minimum absolute atomic E-state index is 0.197. The molecule has 0 unspecified atom stereocenters. The van der Waals surface area contributed by atoms with Gasteiger partial charge in [-0.3, -0.25) is 4.79 Å². The van der Waals surface area contributed by atoms with Gasteiger partial charge in [-0.05, 0) is 79.4 Å². The monoisotopic (exact) mass is 573 g/mol. The molecule has 0 aromatic heterocycles. The van der Waals surface area contributed by atoms with Gasteiger partial charge in [-0.2, -0.15) is 4.31 Å². The highest BCUT2D eigenvalue weighted by Crippen LogP contribution is 2.17. The van der Waals surface area contributed by atoms with Crippen LogP contribution in [-0.4, -0.2) is 58.0 Å². The van der Waals surface area contributed by atoms with Crippen LogP contribution in [0.4, 0.5) is 8.78 Å². The van der Waals surface area contributed by atoms with E-state index < -0.39 is 21.7 Å². The number of benzene rings is 3. The zero-order chi connectivity index (χ0) is 29.0. The molecule has 216 valence electrons. The molecule has 7 nitrogen and oxygen atoms in total. The molecular formula is C30H37F2N3O4S. The Kier molecular flexibility index (Phi) is 12.2. The molecule has 0 bridgehead atoms. The first-order valence-electron chi connectivity index (χ1n) is 13.4. The molecule has 1 aliphatic rings. The Labute approximate surface area is 235 Å². The lowest BCUT2D eigenvalue weighted by Crippen LogP contribution is -2.40. The third-order valence-electron chi connectivity index (χ3n) is 6.28. The van der Waals surface area contributed by atoms with E-state index >= 15 is 0 Å². The number of morpholine rings is 1. The number of nitrogens with one attached hydrogen (secondary N) is 2. The molecule has 0 atom stereocenters. The summed E-state index contributed by atoms with van der Waals surface area (Å²) in [4.78, 5) is 12.5. The van der Waals surface area contributed by atoms with Gasteiger partial charge in [-0.1, -0.05) is 31.2 Å². The summed E-state index contributed by atoms with van der Waals surface area (Å²) in [6.07, 6.45) is 1.84. The minimum atomic E-state index is -3.55. The van der Waals surface area contributed by atoms with Crippen LogP contribution in [0.5, 0.6) is 0 Å². The molecule has 1 heterocycles. The van der Waals surface area contributed by atoms with E-state index in [-0.39, 0.29) is 10.8 Å². The number of amides is 1. The number of carbonyl (C=O) groups excluding carboxylic acids is 1. The number of rotatable bonds is 10. The lowest BCUT2D eigenvalue weighted by Gasteiger charge is -2.26. The highest BCUT2D eigenvalue weighted by molar-refractivity contribution is 7.89. The molecule has 10 heteroatoms. The van der Waals surface area contributed by atoms with Crippen molar-refractivity contribution >= 4 is 15.9 Å². The lowest BCUT2D eigenvalue weighted by molar-refractivity contribution is 0.0730. The molecule has 1 amide bonds. The second-order valence-electron chi connectivity index (χ2n) is 9.45. The number of hydrogen-bond acceptors (Lipinski definition) is 5. The fraction of sp³-hybridized carbons (Fsp3) is 0.367. The van der Waals surface area contributed by atoms with Crippen LogP contribution in [0.15, 0.2) is 71.6 Å². The first-order chi connectivity index (χ1) is 19.2. The van der Waals surface area contributed by atoms with Crippen LogP contribution < -0.4 is 10.6 Å². The van der Waals surface area contributed by atoms with Gasteiger partial charge in [-0.25, -0.2) is 17.2 Å². The van der Waals surface area contributed by atoms with Gasteiger partial charge < -0.3 is 15.4 Å². The zero-order valence-electron chi connectivity index (χ0n) is 23.0. The Morgan fingerprint density at radius 3 is 2.20 bits per heavy atom. The van der Waals surface area contributed by atoms with Gasteiger partial charge >= 0.3 is 0 Å². The van der Waals surface area contributed by atoms with Crippen LogP contribution in [0.3, 0.4) is 0 Å². The van der Waals surface area contributed by atoms with Gasteiger partial charge in [0.15, 0.2) is 0 Å². The van der Waals surface area contributed by atoms with Crippen LogP contribution in [0.1, 0.15) is 40.4 Å². The second-order valence-corrected chi connectivity index (χ2v) is 11.4. The molecule has 3 aromatic carbocycles. The molecule has 1 saturated heterocycles. The van der Waals surface area contributed by atoms with Crippen LogP contribution in [-0.2, 0) is 27.7 Å². The smallest absolute Gasteiger partial charge is 0.251 e. The van der Waals surface area contributed by atoms with Crippen LogP contribution in [0, 0.1) is 18.6 Å². The van der Waals surface area contributed by atoms with Gasteiger partial charge in [0.2, 0.25) is 10.0 Å². The number of carbonyl (C=O) groups is 1. The molecule has 2 N–H and O–H groups in total. The van der Waals surface area contributed by atoms with Crippen molar-refractivity contribution in [1.29, 1.82) is 0 Å². The summed E-state index contributed by atoms with van der Waals surface area (Å²) in [7, 11) is -3.55. The fourth-order valence-electron chi connectivity index (χ4n) is 4.12. The topological polar surface area (TPSA) is 87.7 Å². The maximum absolute atomic E-state index is 12.6. The Bertz CT molecular complexity index is 1290. The van der Waals surface area contributed by atoms with E-state index in [4.69, 9.17) is 4.74 Å². The predicted octanol–water partition coefficient (Wildman–Crippen LogP) is 4.45. The SMILES string of the molecule is CCc1cccc(CNCCCNC(=O)c2ccc(S(=O)(=O)N3CCOCC3)cc2)c1.Cc1cc(F)cc(F)c1. The number of hydrogen-bond donors (Lipinski definition) is 2. The molecular weight excluding hydrogens is 536 g/mol. The Morgan fingerprint density at radius 1 is 0.925 bits per heavy atom. The Morgan fingerprint density at radius 2 is 1.57 bits per heavy atom. The summed E-state index contributed by atoms with van der Waals surface area (Å²) in [5.74, 6) is -1.24. The molecule has 0 radical (unpaired) electrons. The van der Waals surface area contributed by atoms with Gasteiger partial charge in [0.25, 0.3) is 5.91 Å². The van der Waals surface area contributed by atoms with Gasteiger partial charge in [-0.15, -0.1) is 0 Å². The largest absolute Gasteiger partial charge is 0.379 e. The van der Waals surface area contributed by atoms with Gasteiger partial charge in [0.05, 0.1) is 18.1 Å². The van der Waals surface area contributed by atoms with Crippen molar-refractivity contribution in [1.82, 2.24) is 14.9 Å². The van der Waals surface area contributed by atoms with Crippen molar-refractivity contribution in [2.24, 2.45) is 0 Å². The third kappa shape index (κ3) is 9.78. The second kappa shape index (κ2) is 15.6. The fourth-order valence-corrected chi connectivity index (χ4v) is 5.52. The van der Waals surface area contributed by atoms with E-state index in [2.05, 4.69) is 41.8 Å². The van der Waals surface area contributed by atoms with Crippen molar-refractivity contribution in [2.45, 2.75) is 38.1 Å². The Balaban J connectivity index is 0.000000415. The average molecular weight is 574 g/mol. The third-order valence-corrected chi connectivity index (χ3v) is 8.19. The molecule has 3 aromatic rings. The highest BCUT2D eigenvalue weighted by atomic mass is 32.2. The van der Waals surface area contributed by atoms with E-state index in [0.717, 1.165) is 32.0 Å². The van der Waals surface area contributed by atoms with E-state index in [1.807, 2.05) is 0 Å². The number of sulfonamides is 1. The summed E-state index contributed by atoms with van der Waals surface area (Å²) in [5, 5.41) is 6.27. The summed E-state index contributed by atoms with van der Waals surface area (Å²) < 4.78 is 56.3. The van der Waals surface area contributed by atoms with Crippen LogP contribution in [0.2, 0.25) is 0 Å². The first kappa shape index (κ1) is 31.3. The molecule has 1 aliphatic heterocycles. The van der Waals surface area contributed by atoms with E-state index in [9.17, 15) is 22.0 Å². The van der Waals surface area contributed by atoms with E-state index in [0.29, 0.717) is 44.0 Å². The number of ether oxygens (including phenoxy) is 1. The number of nitrogens with zero attached hydrogens (tertiary/aromatic N) is 1. The normalized spacial score (nSPS) is 13.8. The van der Waals surface area contributed by atoms with Crippen molar-refractivity contribution in [3.05, 3.63) is 101 Å². The molecule has 1 fully saturated rings. The average Bonchev–Trinajstić information content (AvgIpc) is 2.95. The maximum atomic E-state index is 12.6. The number of halogens is 2. The van der Waals surface area contributed by atoms with Crippen molar-refractivity contribution < 1.29 is 26.7 Å². The first-order valence-corrected chi connectivity index (χ1v) is 14.8. The summed E-state index contributed by atoms with van der Waals surface area (Å²) in [6, 6.07) is 18.0. The highest BCUT2D eigenvalue weighted by Gasteiger charge is 2.26. The van der Waals surface area contributed by atoms with Crippen molar-refractivity contribution in [3.63, 3.8) is 0 Å². The summed E-state index contributed by atoms with van der Waals surface area (Å²) in [6.45, 7) is 7.45. The standard InChI is InChI=1S/C23H31N3O4S.C7H6F2/c1-2-19-5-3-6-20(17-19)18-24-11-4-12-25-23(27)21-7-9-22(10-8-21)31(28,29)26-13-15-30-16-14-26;1-5-2-6(8)4-7(9)3-5/h3,5-10,17,24H,2,4,11-16,18H2,1H3,(H,25,27);2-4H,1H3. The van der Waals surface area contributed by atoms with Crippen molar-refractivity contribution in [3.8, 4) is 0 Å². The Hall–Kier alpha value is -3.18. The predicted molar refractivity (Wildman–Crippen MR) is 152 cm³/mol. The summed E-state index contributed by atoms with van der Waals surface area (Å²) in [5.41, 5.74) is 3.64. The summed E-state index contributed by atoms with van der Waals surface area (Å²) >= 11 is 0. The minimum Gasteiger partial charge on any atom is -0.379 e. The molecule has 0 spiro atoms. The van der Waals surface area contributed by atoms with Crippen LogP contribution >= 0.6 is 0 Å². The maximum Gasteiger partial charge on any atom is 0.251 e. The quantitative estimate of drug-likeness (QED) is 0.350.